The van der Waals surface area contributed by atoms with Crippen molar-refractivity contribution in [1.82, 2.24) is 0 Å². The van der Waals surface area contributed by atoms with Crippen molar-refractivity contribution in [2.45, 2.75) is 19.3 Å². The third-order valence-electron chi connectivity index (χ3n) is 2.52. The quantitative estimate of drug-likeness (QED) is 0.742. The van der Waals surface area contributed by atoms with Gasteiger partial charge in [-0.15, -0.1) is 0 Å². The summed E-state index contributed by atoms with van der Waals surface area (Å²) >= 11 is 0. The maximum Gasteiger partial charge on any atom is 0.315 e. The van der Waals surface area contributed by atoms with Crippen LogP contribution in [0.1, 0.15) is 19.4 Å². The molecule has 0 amide bonds. The lowest BCUT2D eigenvalue weighted by atomic mass is 9.84. The van der Waals surface area contributed by atoms with E-state index in [4.69, 9.17) is 4.74 Å². The van der Waals surface area contributed by atoms with Crippen molar-refractivity contribution in [2.75, 3.05) is 14.2 Å². The second-order valence-electron chi connectivity index (χ2n) is 4.00. The van der Waals surface area contributed by atoms with Crippen LogP contribution in [0.15, 0.2) is 18.2 Å². The van der Waals surface area contributed by atoms with Crippen LogP contribution in [0.5, 0.6) is 5.75 Å². The Labute approximate surface area is 94.2 Å². The summed E-state index contributed by atoms with van der Waals surface area (Å²) in [6, 6.07) is 4.19. The standard InChI is InChI=1S/C12H15FO3/c1-12(2,11(14)16-4)8-5-9(13)7-10(6-8)15-3/h5-7H,1-4H3. The molecule has 0 N–H and O–H groups in total. The average Bonchev–Trinajstić information content (AvgIpc) is 2.26. The molecule has 0 spiro atoms. The van der Waals surface area contributed by atoms with E-state index in [1.807, 2.05) is 0 Å². The third kappa shape index (κ3) is 2.32. The van der Waals surface area contributed by atoms with Crippen molar-refractivity contribution in [3.8, 4) is 5.75 Å². The maximum atomic E-state index is 13.3. The Kier molecular flexibility index (Phi) is 3.52. The highest BCUT2D eigenvalue weighted by molar-refractivity contribution is 5.82. The molecule has 0 saturated carbocycles. The number of carbonyl (C=O) groups excluding carboxylic acids is 1. The van der Waals surface area contributed by atoms with Gasteiger partial charge in [0, 0.05) is 6.07 Å². The van der Waals surface area contributed by atoms with E-state index < -0.39 is 17.2 Å². The van der Waals surface area contributed by atoms with Gasteiger partial charge in [-0.2, -0.15) is 0 Å². The summed E-state index contributed by atoms with van der Waals surface area (Å²) in [6.07, 6.45) is 0. The number of rotatable bonds is 3. The Morgan fingerprint density at radius 1 is 1.25 bits per heavy atom. The smallest absolute Gasteiger partial charge is 0.315 e. The number of esters is 1. The molecular weight excluding hydrogens is 211 g/mol. The molecule has 88 valence electrons. The Morgan fingerprint density at radius 3 is 2.38 bits per heavy atom. The van der Waals surface area contributed by atoms with Gasteiger partial charge < -0.3 is 9.47 Å². The minimum absolute atomic E-state index is 0.381. The van der Waals surface area contributed by atoms with Gasteiger partial charge in [-0.3, -0.25) is 4.79 Å². The van der Waals surface area contributed by atoms with E-state index in [9.17, 15) is 9.18 Å². The fourth-order valence-corrected chi connectivity index (χ4v) is 1.41. The molecule has 4 heteroatoms. The van der Waals surface area contributed by atoms with Crippen LogP contribution in [0, 0.1) is 5.82 Å². The summed E-state index contributed by atoms with van der Waals surface area (Å²) in [5.74, 6) is -0.474. The molecule has 3 nitrogen and oxygen atoms in total. The average molecular weight is 226 g/mol. The Hall–Kier alpha value is -1.58. The lowest BCUT2D eigenvalue weighted by Gasteiger charge is -2.22. The number of benzene rings is 1. The van der Waals surface area contributed by atoms with E-state index in [-0.39, 0.29) is 0 Å². The zero-order valence-corrected chi connectivity index (χ0v) is 9.83. The molecule has 1 rings (SSSR count). The number of methoxy groups -OCH3 is 2. The molecule has 1 aromatic carbocycles. The predicted octanol–water partition coefficient (Wildman–Crippen LogP) is 2.28. The SMILES string of the molecule is COC(=O)C(C)(C)c1cc(F)cc(OC)c1. The van der Waals surface area contributed by atoms with E-state index in [1.165, 1.54) is 26.4 Å². The first-order valence-corrected chi connectivity index (χ1v) is 4.85. The van der Waals surface area contributed by atoms with Crippen LogP contribution in [0.25, 0.3) is 0 Å². The number of carbonyl (C=O) groups is 1. The van der Waals surface area contributed by atoms with Crippen molar-refractivity contribution >= 4 is 5.97 Å². The molecule has 0 aliphatic heterocycles. The van der Waals surface area contributed by atoms with Gasteiger partial charge in [0.15, 0.2) is 0 Å². The molecule has 0 radical (unpaired) electrons. The molecule has 0 saturated heterocycles. The van der Waals surface area contributed by atoms with Crippen LogP contribution in [-0.4, -0.2) is 20.2 Å². The molecule has 0 fully saturated rings. The van der Waals surface area contributed by atoms with Gasteiger partial charge in [0.25, 0.3) is 0 Å². The largest absolute Gasteiger partial charge is 0.497 e. The second-order valence-corrected chi connectivity index (χ2v) is 4.00. The summed E-state index contributed by atoms with van der Waals surface area (Å²) in [6.45, 7) is 3.35. The van der Waals surface area contributed by atoms with Crippen LogP contribution < -0.4 is 4.74 Å². The Morgan fingerprint density at radius 2 is 1.88 bits per heavy atom. The number of hydrogen-bond donors (Lipinski definition) is 0. The van der Waals surface area contributed by atoms with E-state index in [1.54, 1.807) is 19.9 Å². The molecular formula is C12H15FO3. The maximum absolute atomic E-state index is 13.3. The van der Waals surface area contributed by atoms with Gasteiger partial charge >= 0.3 is 5.97 Å². The lowest BCUT2D eigenvalue weighted by molar-refractivity contribution is -0.146. The van der Waals surface area contributed by atoms with E-state index in [2.05, 4.69) is 4.74 Å². The van der Waals surface area contributed by atoms with Crippen LogP contribution >= 0.6 is 0 Å². The predicted molar refractivity (Wildman–Crippen MR) is 58.0 cm³/mol. The van der Waals surface area contributed by atoms with Gasteiger partial charge in [-0.05, 0) is 31.5 Å². The number of hydrogen-bond acceptors (Lipinski definition) is 3. The second kappa shape index (κ2) is 4.51. The van der Waals surface area contributed by atoms with Crippen LogP contribution in [0.3, 0.4) is 0 Å². The van der Waals surface area contributed by atoms with Gasteiger partial charge in [0.2, 0.25) is 0 Å². The van der Waals surface area contributed by atoms with Gasteiger partial charge in [-0.1, -0.05) is 0 Å². The van der Waals surface area contributed by atoms with Crippen LogP contribution in [-0.2, 0) is 14.9 Å². The van der Waals surface area contributed by atoms with Crippen molar-refractivity contribution in [1.29, 1.82) is 0 Å². The van der Waals surface area contributed by atoms with Crippen molar-refractivity contribution in [3.05, 3.63) is 29.6 Å². The first kappa shape index (κ1) is 12.5. The van der Waals surface area contributed by atoms with Gasteiger partial charge in [0.1, 0.15) is 11.6 Å². The molecule has 16 heavy (non-hydrogen) atoms. The summed E-state index contributed by atoms with van der Waals surface area (Å²) in [5, 5.41) is 0. The summed E-state index contributed by atoms with van der Waals surface area (Å²) in [7, 11) is 2.75. The van der Waals surface area contributed by atoms with Gasteiger partial charge in [0.05, 0.1) is 19.6 Å². The molecule has 0 bridgehead atoms. The first-order chi connectivity index (χ1) is 7.41. The third-order valence-corrected chi connectivity index (χ3v) is 2.52. The molecule has 0 unspecified atom stereocenters. The van der Waals surface area contributed by atoms with Gasteiger partial charge in [-0.25, -0.2) is 4.39 Å². The normalized spacial score (nSPS) is 11.1. The summed E-state index contributed by atoms with van der Waals surface area (Å²) in [5.41, 5.74) is -0.374. The van der Waals surface area contributed by atoms with E-state index >= 15 is 0 Å². The summed E-state index contributed by atoms with van der Waals surface area (Å²) < 4.78 is 22.9. The molecule has 0 aliphatic rings. The molecule has 0 atom stereocenters. The molecule has 0 aromatic heterocycles. The fourth-order valence-electron chi connectivity index (χ4n) is 1.41. The first-order valence-electron chi connectivity index (χ1n) is 4.85. The monoisotopic (exact) mass is 226 g/mol. The fraction of sp³-hybridized carbons (Fsp3) is 0.417. The molecule has 1 aromatic rings. The zero-order valence-electron chi connectivity index (χ0n) is 9.83. The Balaban J connectivity index is 3.21. The zero-order chi connectivity index (χ0) is 12.3. The molecule has 0 aliphatic carbocycles. The molecule has 0 heterocycles. The minimum Gasteiger partial charge on any atom is -0.497 e. The van der Waals surface area contributed by atoms with E-state index in [0.717, 1.165) is 0 Å². The van der Waals surface area contributed by atoms with Crippen LogP contribution in [0.4, 0.5) is 4.39 Å². The van der Waals surface area contributed by atoms with E-state index in [0.29, 0.717) is 11.3 Å². The highest BCUT2D eigenvalue weighted by Crippen LogP contribution is 2.28. The minimum atomic E-state index is -0.899. The van der Waals surface area contributed by atoms with Crippen molar-refractivity contribution < 1.29 is 18.7 Å². The van der Waals surface area contributed by atoms with Crippen LogP contribution in [0.2, 0.25) is 0 Å². The lowest BCUT2D eigenvalue weighted by Crippen LogP contribution is -2.30. The Bertz CT molecular complexity index is 399. The highest BCUT2D eigenvalue weighted by atomic mass is 19.1. The number of ether oxygens (including phenoxy) is 2. The number of halogens is 1. The van der Waals surface area contributed by atoms with Crippen molar-refractivity contribution in [3.63, 3.8) is 0 Å². The summed E-state index contributed by atoms with van der Waals surface area (Å²) in [4.78, 5) is 11.6. The topological polar surface area (TPSA) is 35.5 Å². The highest BCUT2D eigenvalue weighted by Gasteiger charge is 2.31. The van der Waals surface area contributed by atoms with Crippen molar-refractivity contribution in [2.24, 2.45) is 0 Å².